The van der Waals surface area contributed by atoms with Gasteiger partial charge in [-0.2, -0.15) is 0 Å². The van der Waals surface area contributed by atoms with Gasteiger partial charge in [-0.1, -0.05) is 30.3 Å². The summed E-state index contributed by atoms with van der Waals surface area (Å²) in [6.07, 6.45) is 1.17. The number of hydrogen-bond donors (Lipinski definition) is 2. The second kappa shape index (κ2) is 11.8. The van der Waals surface area contributed by atoms with E-state index in [0.29, 0.717) is 22.6 Å². The molecule has 8 nitrogen and oxygen atoms in total. The highest BCUT2D eigenvalue weighted by molar-refractivity contribution is 7.92. The van der Waals surface area contributed by atoms with Crippen LogP contribution in [0.15, 0.2) is 89.8 Å². The zero-order valence-electron chi connectivity index (χ0n) is 23.6. The van der Waals surface area contributed by atoms with E-state index in [4.69, 9.17) is 0 Å². The van der Waals surface area contributed by atoms with Crippen molar-refractivity contribution in [3.63, 3.8) is 0 Å². The topological polar surface area (TPSA) is 113 Å². The second-order valence-electron chi connectivity index (χ2n) is 10.1. The molecule has 41 heavy (non-hydrogen) atoms. The number of carbonyl (C=O) groups is 1. The molecule has 1 amide bonds. The molecule has 0 spiro atoms. The van der Waals surface area contributed by atoms with Crippen molar-refractivity contribution in [3.8, 4) is 0 Å². The molecule has 0 aliphatic heterocycles. The minimum absolute atomic E-state index is 0.0694. The zero-order chi connectivity index (χ0) is 29.9. The summed E-state index contributed by atoms with van der Waals surface area (Å²) in [7, 11) is -7.35. The molecule has 0 saturated heterocycles. The van der Waals surface area contributed by atoms with Crippen LogP contribution in [0.3, 0.4) is 0 Å². The number of carbonyl (C=O) groups excluding carboxylic acids is 1. The molecule has 0 heterocycles. The largest absolute Gasteiger partial charge is 0.322 e. The Bertz CT molecular complexity index is 1800. The first-order valence-electron chi connectivity index (χ1n) is 12.9. The van der Waals surface area contributed by atoms with Gasteiger partial charge in [0.15, 0.2) is 0 Å². The number of benzene rings is 4. The van der Waals surface area contributed by atoms with Crippen molar-refractivity contribution in [2.45, 2.75) is 39.1 Å². The van der Waals surface area contributed by atoms with Crippen LogP contribution in [-0.2, 0) is 26.6 Å². The Morgan fingerprint density at radius 3 is 1.98 bits per heavy atom. The predicted molar refractivity (Wildman–Crippen MR) is 165 cm³/mol. The van der Waals surface area contributed by atoms with E-state index < -0.39 is 20.0 Å². The quantitative estimate of drug-likeness (QED) is 0.250. The molecule has 4 rings (SSSR count). The van der Waals surface area contributed by atoms with Crippen LogP contribution < -0.4 is 14.3 Å². The van der Waals surface area contributed by atoms with E-state index in [1.807, 2.05) is 52.0 Å². The van der Waals surface area contributed by atoms with Gasteiger partial charge in [-0.25, -0.2) is 16.8 Å². The van der Waals surface area contributed by atoms with Gasteiger partial charge in [-0.05, 0) is 110 Å². The van der Waals surface area contributed by atoms with E-state index in [0.717, 1.165) is 27.8 Å². The van der Waals surface area contributed by atoms with Crippen LogP contribution in [-0.4, -0.2) is 29.0 Å². The van der Waals surface area contributed by atoms with Gasteiger partial charge in [0, 0.05) is 11.3 Å². The molecule has 0 aliphatic rings. The van der Waals surface area contributed by atoms with Crippen LogP contribution >= 0.6 is 0 Å². The molecule has 214 valence electrons. The average molecular weight is 592 g/mol. The van der Waals surface area contributed by atoms with E-state index in [1.165, 1.54) is 34.8 Å². The molecule has 0 bridgehead atoms. The second-order valence-corrected chi connectivity index (χ2v) is 13.7. The first-order chi connectivity index (χ1) is 19.2. The highest BCUT2D eigenvalue weighted by Gasteiger charge is 2.19. The molecule has 10 heteroatoms. The first kappa shape index (κ1) is 29.8. The molecule has 2 N–H and O–H groups in total. The highest BCUT2D eigenvalue weighted by atomic mass is 32.2. The Hall–Kier alpha value is -4.15. The van der Waals surface area contributed by atoms with Crippen LogP contribution in [0.5, 0.6) is 0 Å². The Labute approximate surface area is 242 Å². The van der Waals surface area contributed by atoms with Crippen LogP contribution in [0, 0.1) is 27.7 Å². The van der Waals surface area contributed by atoms with E-state index in [1.54, 1.807) is 36.4 Å². The van der Waals surface area contributed by atoms with Crippen LogP contribution in [0.25, 0.3) is 0 Å². The van der Waals surface area contributed by atoms with Crippen LogP contribution in [0.1, 0.15) is 38.2 Å². The average Bonchev–Trinajstić information content (AvgIpc) is 2.91. The Morgan fingerprint density at radius 2 is 1.37 bits per heavy atom. The Morgan fingerprint density at radius 1 is 0.732 bits per heavy atom. The maximum absolute atomic E-state index is 12.9. The third kappa shape index (κ3) is 7.33. The summed E-state index contributed by atoms with van der Waals surface area (Å²) in [6.45, 7) is 7.74. The van der Waals surface area contributed by atoms with Gasteiger partial charge in [0.25, 0.3) is 15.9 Å². The Kier molecular flexibility index (Phi) is 8.55. The van der Waals surface area contributed by atoms with Crippen molar-refractivity contribution in [1.29, 1.82) is 0 Å². The van der Waals surface area contributed by atoms with Crippen molar-refractivity contribution >= 4 is 43.0 Å². The number of aryl methyl sites for hydroxylation is 4. The zero-order valence-corrected chi connectivity index (χ0v) is 25.2. The molecule has 0 atom stereocenters. The lowest BCUT2D eigenvalue weighted by Crippen LogP contribution is -2.29. The number of sulfonamides is 2. The summed E-state index contributed by atoms with van der Waals surface area (Å²) >= 11 is 0. The number of hydrogen-bond acceptors (Lipinski definition) is 5. The summed E-state index contributed by atoms with van der Waals surface area (Å²) < 4.78 is 54.8. The fourth-order valence-corrected chi connectivity index (χ4v) is 6.18. The molecule has 0 fully saturated rings. The Balaban J connectivity index is 1.44. The van der Waals surface area contributed by atoms with Crippen molar-refractivity contribution in [3.05, 3.63) is 118 Å². The maximum atomic E-state index is 12.9. The number of amides is 1. The third-order valence-corrected chi connectivity index (χ3v) is 9.30. The monoisotopic (exact) mass is 591 g/mol. The fourth-order valence-electron chi connectivity index (χ4n) is 4.18. The summed E-state index contributed by atoms with van der Waals surface area (Å²) in [5.74, 6) is -0.380. The SMILES string of the molecule is Cc1ccc(C)c(NS(=O)(=O)c2ccc(NC(=O)c3ccc(CN(c4ccc(C)c(C)c4)S(C)(=O)=O)cc3)cc2)c1. The number of nitrogens with zero attached hydrogens (tertiary/aromatic N) is 1. The van der Waals surface area contributed by atoms with Crippen molar-refractivity contribution in [2.75, 3.05) is 20.6 Å². The van der Waals surface area contributed by atoms with Gasteiger partial charge >= 0.3 is 0 Å². The van der Waals surface area contributed by atoms with Crippen LogP contribution in [0.4, 0.5) is 17.1 Å². The first-order valence-corrected chi connectivity index (χ1v) is 16.2. The van der Waals surface area contributed by atoms with Gasteiger partial charge < -0.3 is 5.32 Å². The predicted octanol–water partition coefficient (Wildman–Crippen LogP) is 5.94. The molecule has 0 unspecified atom stereocenters. The molecule has 0 aliphatic carbocycles. The fraction of sp³-hybridized carbons (Fsp3) is 0.194. The molecule has 0 radical (unpaired) electrons. The van der Waals surface area contributed by atoms with Gasteiger partial charge in [0.1, 0.15) is 0 Å². The maximum Gasteiger partial charge on any atom is 0.261 e. The standard InChI is InChI=1S/C31H33N3O5S2/c1-21-6-7-23(3)30(18-21)33-41(38,39)29-16-13-27(14-17-29)32-31(35)26-11-9-25(10-12-26)20-34(40(5,36)37)28-15-8-22(2)24(4)19-28/h6-19,33H,20H2,1-5H3,(H,32,35). The number of anilines is 3. The summed E-state index contributed by atoms with van der Waals surface area (Å²) in [6, 6.07) is 23.6. The van der Waals surface area contributed by atoms with E-state index >= 15 is 0 Å². The number of rotatable bonds is 9. The van der Waals surface area contributed by atoms with E-state index in [-0.39, 0.29) is 17.3 Å². The highest BCUT2D eigenvalue weighted by Crippen LogP contribution is 2.25. The molecule has 0 saturated carbocycles. The molecular formula is C31H33N3O5S2. The lowest BCUT2D eigenvalue weighted by molar-refractivity contribution is 0.102. The van der Waals surface area contributed by atoms with Crippen molar-refractivity contribution in [1.82, 2.24) is 0 Å². The molecule has 0 aromatic heterocycles. The smallest absolute Gasteiger partial charge is 0.261 e. The van der Waals surface area contributed by atoms with E-state index in [2.05, 4.69) is 10.0 Å². The third-order valence-electron chi connectivity index (χ3n) is 6.78. The summed E-state index contributed by atoms with van der Waals surface area (Å²) in [5, 5.41) is 2.76. The van der Waals surface area contributed by atoms with Crippen molar-refractivity contribution < 1.29 is 21.6 Å². The van der Waals surface area contributed by atoms with E-state index in [9.17, 15) is 21.6 Å². The molecular weight excluding hydrogens is 558 g/mol. The van der Waals surface area contributed by atoms with Gasteiger partial charge in [-0.15, -0.1) is 0 Å². The van der Waals surface area contributed by atoms with Gasteiger partial charge in [0.2, 0.25) is 10.0 Å². The lowest BCUT2D eigenvalue weighted by atomic mass is 10.1. The minimum atomic E-state index is -3.81. The lowest BCUT2D eigenvalue weighted by Gasteiger charge is -2.23. The van der Waals surface area contributed by atoms with Gasteiger partial charge in [-0.3, -0.25) is 13.8 Å². The van der Waals surface area contributed by atoms with Crippen molar-refractivity contribution in [2.24, 2.45) is 0 Å². The summed E-state index contributed by atoms with van der Waals surface area (Å²) in [5.41, 5.74) is 6.43. The summed E-state index contributed by atoms with van der Waals surface area (Å²) in [4.78, 5) is 12.9. The normalized spacial score (nSPS) is 11.6. The molecule has 4 aromatic carbocycles. The molecule has 4 aromatic rings. The van der Waals surface area contributed by atoms with Crippen LogP contribution in [0.2, 0.25) is 0 Å². The number of nitrogens with one attached hydrogen (secondary N) is 2. The minimum Gasteiger partial charge on any atom is -0.322 e. The van der Waals surface area contributed by atoms with Gasteiger partial charge in [0.05, 0.1) is 29.1 Å².